The van der Waals surface area contributed by atoms with E-state index in [9.17, 15) is 4.79 Å². The van der Waals surface area contributed by atoms with E-state index in [1.165, 1.54) is 12.8 Å². The highest BCUT2D eigenvalue weighted by molar-refractivity contribution is 9.10. The second-order valence-electron chi connectivity index (χ2n) is 7.16. The minimum atomic E-state index is 0.0969. The van der Waals surface area contributed by atoms with Gasteiger partial charge in [0.05, 0.1) is 13.2 Å². The van der Waals surface area contributed by atoms with Gasteiger partial charge in [-0.15, -0.1) is 0 Å². The number of carbonyl (C=O) groups excluding carboxylic acids is 1. The monoisotopic (exact) mass is 430 g/mol. The molecule has 0 N–H and O–H groups in total. The quantitative estimate of drug-likeness (QED) is 0.645. The number of pyridine rings is 1. The number of methoxy groups -OCH3 is 1. The molecule has 142 valence electrons. The Labute approximate surface area is 167 Å². The summed E-state index contributed by atoms with van der Waals surface area (Å²) < 4.78 is 12.4. The van der Waals surface area contributed by atoms with Gasteiger partial charge in [-0.3, -0.25) is 9.69 Å². The number of benzene rings is 1. The third kappa shape index (κ3) is 3.95. The molecular formula is C21H23BrN2O3. The molecule has 1 unspecified atom stereocenters. The highest BCUT2D eigenvalue weighted by Gasteiger charge is 2.33. The minimum Gasteiger partial charge on any atom is -0.493 e. The van der Waals surface area contributed by atoms with Crippen LogP contribution in [0.5, 0.6) is 11.5 Å². The molecule has 6 heteroatoms. The van der Waals surface area contributed by atoms with E-state index >= 15 is 0 Å². The zero-order valence-electron chi connectivity index (χ0n) is 15.4. The van der Waals surface area contributed by atoms with Crippen molar-refractivity contribution in [1.82, 2.24) is 4.98 Å². The number of ether oxygens (including phenoxy) is 2. The van der Waals surface area contributed by atoms with Crippen LogP contribution in [0.4, 0.5) is 5.82 Å². The molecule has 27 heavy (non-hydrogen) atoms. The second kappa shape index (κ2) is 7.89. The van der Waals surface area contributed by atoms with Crippen molar-refractivity contribution in [2.45, 2.75) is 44.1 Å². The number of aromatic nitrogens is 1. The summed E-state index contributed by atoms with van der Waals surface area (Å²) in [6, 6.07) is 11.7. The van der Waals surface area contributed by atoms with Gasteiger partial charge in [0.2, 0.25) is 5.91 Å². The summed E-state index contributed by atoms with van der Waals surface area (Å²) in [6.07, 6.45) is 5.37. The van der Waals surface area contributed by atoms with Crippen LogP contribution in [0, 0.1) is 0 Å². The lowest BCUT2D eigenvalue weighted by atomic mass is 9.98. The Hall–Kier alpha value is -2.08. The number of nitrogens with zero attached hydrogens (tertiary/aromatic N) is 2. The fraction of sp³-hybridized carbons (Fsp3) is 0.429. The zero-order chi connectivity index (χ0) is 18.8. The number of carbonyl (C=O) groups is 1. The lowest BCUT2D eigenvalue weighted by Crippen LogP contribution is -2.25. The van der Waals surface area contributed by atoms with Crippen LogP contribution < -0.4 is 14.4 Å². The topological polar surface area (TPSA) is 51.7 Å². The molecule has 1 aromatic carbocycles. The number of hydrogen-bond acceptors (Lipinski definition) is 4. The normalized spacial score (nSPS) is 20.3. The van der Waals surface area contributed by atoms with Gasteiger partial charge in [0.15, 0.2) is 11.5 Å². The maximum atomic E-state index is 12.6. The molecule has 1 saturated heterocycles. The molecule has 1 aromatic heterocycles. The number of halogens is 1. The Morgan fingerprint density at radius 1 is 1.15 bits per heavy atom. The van der Waals surface area contributed by atoms with E-state index in [1.807, 2.05) is 36.4 Å². The van der Waals surface area contributed by atoms with E-state index < -0.39 is 0 Å². The molecule has 1 saturated carbocycles. The predicted octanol–water partition coefficient (Wildman–Crippen LogP) is 4.69. The average Bonchev–Trinajstić information content (AvgIpc) is 3.31. The SMILES string of the molecule is COc1ccc(C2CC(=O)N(c3cccc(Br)n3)C2)cc1OC1CCCC1. The van der Waals surface area contributed by atoms with E-state index in [-0.39, 0.29) is 17.9 Å². The Bertz CT molecular complexity index is 836. The van der Waals surface area contributed by atoms with Crippen LogP contribution in [0.1, 0.15) is 43.6 Å². The van der Waals surface area contributed by atoms with E-state index in [0.29, 0.717) is 18.8 Å². The van der Waals surface area contributed by atoms with Crippen molar-refractivity contribution in [3.8, 4) is 11.5 Å². The first kappa shape index (κ1) is 18.3. The fourth-order valence-corrected chi connectivity index (χ4v) is 4.26. The number of hydrogen-bond donors (Lipinski definition) is 0. The van der Waals surface area contributed by atoms with Crippen LogP contribution in [0.3, 0.4) is 0 Å². The smallest absolute Gasteiger partial charge is 0.228 e. The van der Waals surface area contributed by atoms with Crippen molar-refractivity contribution in [1.29, 1.82) is 0 Å². The van der Waals surface area contributed by atoms with Crippen LogP contribution in [0.25, 0.3) is 0 Å². The van der Waals surface area contributed by atoms with E-state index in [2.05, 4.69) is 20.9 Å². The molecular weight excluding hydrogens is 408 g/mol. The summed E-state index contributed by atoms with van der Waals surface area (Å²) in [5, 5.41) is 0. The van der Waals surface area contributed by atoms with Gasteiger partial charge >= 0.3 is 0 Å². The molecule has 1 atom stereocenters. The number of anilines is 1. The lowest BCUT2D eigenvalue weighted by Gasteiger charge is -2.19. The standard InChI is InChI=1S/C21H23BrN2O3/c1-26-17-10-9-14(11-18(17)27-16-5-2-3-6-16)15-12-21(25)24(13-15)20-8-4-7-19(22)23-20/h4,7-11,15-16H,2-3,5-6,12-13H2,1H3. The van der Waals surface area contributed by atoms with Crippen LogP contribution in [0.2, 0.25) is 0 Å². The molecule has 2 aromatic rings. The molecule has 1 aliphatic heterocycles. The van der Waals surface area contributed by atoms with Crippen LogP contribution >= 0.6 is 15.9 Å². The zero-order valence-corrected chi connectivity index (χ0v) is 16.9. The first-order valence-corrected chi connectivity index (χ1v) is 10.2. The van der Waals surface area contributed by atoms with Gasteiger partial charge in [-0.05, 0) is 71.4 Å². The van der Waals surface area contributed by atoms with Gasteiger partial charge < -0.3 is 9.47 Å². The molecule has 4 rings (SSSR count). The average molecular weight is 431 g/mol. The first-order valence-electron chi connectivity index (χ1n) is 9.41. The van der Waals surface area contributed by atoms with Crippen LogP contribution in [0.15, 0.2) is 41.0 Å². The summed E-state index contributed by atoms with van der Waals surface area (Å²) in [4.78, 5) is 18.8. The summed E-state index contributed by atoms with van der Waals surface area (Å²) in [7, 11) is 1.66. The Kier molecular flexibility index (Phi) is 5.34. The molecule has 2 aliphatic rings. The highest BCUT2D eigenvalue weighted by Crippen LogP contribution is 2.37. The first-order chi connectivity index (χ1) is 13.1. The number of amides is 1. The second-order valence-corrected chi connectivity index (χ2v) is 7.97. The summed E-state index contributed by atoms with van der Waals surface area (Å²) >= 11 is 3.38. The Morgan fingerprint density at radius 2 is 1.96 bits per heavy atom. The van der Waals surface area contributed by atoms with Gasteiger partial charge in [0.1, 0.15) is 10.4 Å². The minimum absolute atomic E-state index is 0.0969. The lowest BCUT2D eigenvalue weighted by molar-refractivity contribution is -0.117. The molecule has 0 bridgehead atoms. The summed E-state index contributed by atoms with van der Waals surface area (Å²) in [6.45, 7) is 0.623. The molecule has 2 fully saturated rings. The third-order valence-corrected chi connectivity index (χ3v) is 5.80. The van der Waals surface area contributed by atoms with Crippen molar-refractivity contribution in [3.05, 3.63) is 46.6 Å². The van der Waals surface area contributed by atoms with Crippen LogP contribution in [-0.2, 0) is 4.79 Å². The number of rotatable bonds is 5. The summed E-state index contributed by atoms with van der Waals surface area (Å²) in [5.41, 5.74) is 1.11. The molecule has 0 radical (unpaired) electrons. The molecule has 2 heterocycles. The maximum Gasteiger partial charge on any atom is 0.228 e. The predicted molar refractivity (Wildman–Crippen MR) is 108 cm³/mol. The summed E-state index contributed by atoms with van der Waals surface area (Å²) in [5.74, 6) is 2.44. The molecule has 0 spiro atoms. The van der Waals surface area contributed by atoms with Gasteiger partial charge in [-0.25, -0.2) is 4.98 Å². The van der Waals surface area contributed by atoms with Crippen molar-refractivity contribution in [2.24, 2.45) is 0 Å². The van der Waals surface area contributed by atoms with Crippen molar-refractivity contribution >= 4 is 27.7 Å². The van der Waals surface area contributed by atoms with Crippen molar-refractivity contribution in [2.75, 3.05) is 18.6 Å². The Morgan fingerprint density at radius 3 is 2.70 bits per heavy atom. The van der Waals surface area contributed by atoms with Gasteiger partial charge in [0.25, 0.3) is 0 Å². The molecule has 1 aliphatic carbocycles. The molecule has 5 nitrogen and oxygen atoms in total. The van der Waals surface area contributed by atoms with Gasteiger partial charge in [0, 0.05) is 18.9 Å². The van der Waals surface area contributed by atoms with E-state index in [0.717, 1.165) is 34.5 Å². The van der Waals surface area contributed by atoms with Gasteiger partial charge in [-0.1, -0.05) is 12.1 Å². The maximum absolute atomic E-state index is 12.6. The Balaban J connectivity index is 1.55. The van der Waals surface area contributed by atoms with Crippen molar-refractivity contribution in [3.63, 3.8) is 0 Å². The largest absolute Gasteiger partial charge is 0.493 e. The highest BCUT2D eigenvalue weighted by atomic mass is 79.9. The van der Waals surface area contributed by atoms with Gasteiger partial charge in [-0.2, -0.15) is 0 Å². The van der Waals surface area contributed by atoms with Crippen LogP contribution in [-0.4, -0.2) is 30.6 Å². The third-order valence-electron chi connectivity index (χ3n) is 5.36. The van der Waals surface area contributed by atoms with E-state index in [1.54, 1.807) is 12.0 Å². The van der Waals surface area contributed by atoms with Crippen molar-refractivity contribution < 1.29 is 14.3 Å². The van der Waals surface area contributed by atoms with E-state index in [4.69, 9.17) is 9.47 Å². The fourth-order valence-electron chi connectivity index (χ4n) is 3.93. The molecule has 1 amide bonds.